The molecule has 0 fully saturated rings. The normalized spacial score (nSPS) is 16.3. The number of halogens is 2. The number of H-pyrrole nitrogens is 1. The molecule has 0 radical (unpaired) electrons. The number of hydrogen-bond donors (Lipinski definition) is 2. The molecular formula is C18H14Cl2N2O4. The van der Waals surface area contributed by atoms with Gasteiger partial charge in [0.05, 0.1) is 22.8 Å². The molecule has 1 aromatic carbocycles. The molecular weight excluding hydrogens is 379 g/mol. The van der Waals surface area contributed by atoms with Crippen LogP contribution in [0.5, 0.6) is 17.4 Å². The molecule has 8 heteroatoms. The summed E-state index contributed by atoms with van der Waals surface area (Å²) in [5.41, 5.74) is 1.75. The first-order chi connectivity index (χ1) is 12.5. The highest BCUT2D eigenvalue weighted by molar-refractivity contribution is 6.35. The summed E-state index contributed by atoms with van der Waals surface area (Å²) in [5, 5.41) is 10.8. The first-order valence-corrected chi connectivity index (χ1v) is 8.80. The quantitative estimate of drug-likeness (QED) is 0.677. The fourth-order valence-electron chi connectivity index (χ4n) is 3.21. The largest absolute Gasteiger partial charge is 0.492 e. The summed E-state index contributed by atoms with van der Waals surface area (Å²) >= 11 is 12.0. The van der Waals surface area contributed by atoms with Crippen molar-refractivity contribution >= 4 is 23.2 Å². The van der Waals surface area contributed by atoms with Gasteiger partial charge in [0, 0.05) is 5.02 Å². The van der Waals surface area contributed by atoms with Crippen LogP contribution in [0.4, 0.5) is 0 Å². The van der Waals surface area contributed by atoms with Crippen molar-refractivity contribution in [1.29, 1.82) is 0 Å². The number of aromatic nitrogens is 2. The summed E-state index contributed by atoms with van der Waals surface area (Å²) in [6.45, 7) is 0. The summed E-state index contributed by atoms with van der Waals surface area (Å²) in [6, 6.07) is 6.89. The second-order valence-corrected chi connectivity index (χ2v) is 6.91. The Morgan fingerprint density at radius 1 is 1.31 bits per heavy atom. The van der Waals surface area contributed by atoms with E-state index in [0.717, 1.165) is 30.5 Å². The predicted octanol–water partition coefficient (Wildman–Crippen LogP) is 4.64. The number of benzene rings is 1. The SMILES string of the molecule is O=c1[nH]c(O)c([C@@H]2CCCc3cc(Oc4ccc(Cl)cc4Cl)cnc32)o1. The first kappa shape index (κ1) is 17.0. The van der Waals surface area contributed by atoms with E-state index in [0.29, 0.717) is 21.5 Å². The summed E-state index contributed by atoms with van der Waals surface area (Å²) in [5.74, 6) is 0.0569. The predicted molar refractivity (Wildman–Crippen MR) is 96.5 cm³/mol. The number of nitrogens with zero attached hydrogens (tertiary/aromatic N) is 1. The van der Waals surface area contributed by atoms with E-state index in [-0.39, 0.29) is 17.6 Å². The van der Waals surface area contributed by atoms with E-state index in [2.05, 4.69) is 9.97 Å². The highest BCUT2D eigenvalue weighted by Crippen LogP contribution is 2.40. The van der Waals surface area contributed by atoms with Crippen molar-refractivity contribution in [2.24, 2.45) is 0 Å². The minimum absolute atomic E-state index is 0.220. The van der Waals surface area contributed by atoms with Crippen LogP contribution in [-0.4, -0.2) is 15.1 Å². The second kappa shape index (κ2) is 6.70. The fourth-order valence-corrected chi connectivity index (χ4v) is 3.66. The Morgan fingerprint density at radius 3 is 2.88 bits per heavy atom. The summed E-state index contributed by atoms with van der Waals surface area (Å²) in [7, 11) is 0. The minimum atomic E-state index is -0.679. The van der Waals surface area contributed by atoms with Gasteiger partial charge in [0.2, 0.25) is 5.88 Å². The highest BCUT2D eigenvalue weighted by atomic mass is 35.5. The van der Waals surface area contributed by atoms with Crippen molar-refractivity contribution in [3.63, 3.8) is 0 Å². The molecule has 0 unspecified atom stereocenters. The lowest BCUT2D eigenvalue weighted by molar-refractivity contribution is 0.390. The number of oxazole rings is 1. The molecule has 1 aliphatic rings. The van der Waals surface area contributed by atoms with E-state index < -0.39 is 5.76 Å². The van der Waals surface area contributed by atoms with Crippen molar-refractivity contribution in [2.75, 3.05) is 0 Å². The van der Waals surface area contributed by atoms with E-state index in [1.165, 1.54) is 0 Å². The molecule has 0 spiro atoms. The molecule has 26 heavy (non-hydrogen) atoms. The molecule has 0 saturated heterocycles. The Labute approximate surface area is 158 Å². The Kier molecular flexibility index (Phi) is 4.38. The molecule has 2 N–H and O–H groups in total. The number of pyridine rings is 1. The van der Waals surface area contributed by atoms with Gasteiger partial charge in [-0.05, 0) is 49.1 Å². The number of aromatic hydroxyl groups is 1. The van der Waals surface area contributed by atoms with Crippen LogP contribution >= 0.6 is 23.2 Å². The third-order valence-corrected chi connectivity index (χ3v) is 4.87. The standard InChI is InChI=1S/C18H14Cl2N2O4/c19-10-4-5-14(13(20)7-10)25-11-6-9-2-1-3-12(15(9)21-8-11)16-17(23)22-18(24)26-16/h4-8,12,23H,1-3H2,(H,22,24)/t12-/m1/s1. The summed E-state index contributed by atoms with van der Waals surface area (Å²) < 4.78 is 10.9. The molecule has 0 aliphatic heterocycles. The minimum Gasteiger partial charge on any atom is -0.492 e. The van der Waals surface area contributed by atoms with Crippen LogP contribution in [0.2, 0.25) is 10.0 Å². The smallest absolute Gasteiger partial charge is 0.419 e. The van der Waals surface area contributed by atoms with E-state index in [4.69, 9.17) is 32.4 Å². The Balaban J connectivity index is 1.66. The lowest BCUT2D eigenvalue weighted by Crippen LogP contribution is -2.13. The summed E-state index contributed by atoms with van der Waals surface area (Å²) in [6.07, 6.45) is 4.01. The first-order valence-electron chi connectivity index (χ1n) is 8.05. The van der Waals surface area contributed by atoms with Gasteiger partial charge >= 0.3 is 5.76 Å². The summed E-state index contributed by atoms with van der Waals surface area (Å²) in [4.78, 5) is 18.1. The zero-order valence-corrected chi connectivity index (χ0v) is 15.0. The van der Waals surface area contributed by atoms with Crippen LogP contribution in [0.1, 0.15) is 35.8 Å². The molecule has 3 aromatic rings. The molecule has 0 amide bonds. The number of nitrogens with one attached hydrogen (secondary N) is 1. The van der Waals surface area contributed by atoms with Crippen LogP contribution in [0.15, 0.2) is 39.7 Å². The van der Waals surface area contributed by atoms with Crippen molar-refractivity contribution in [3.05, 3.63) is 68.1 Å². The number of hydrogen-bond acceptors (Lipinski definition) is 5. The van der Waals surface area contributed by atoms with Gasteiger partial charge in [0.1, 0.15) is 11.5 Å². The van der Waals surface area contributed by atoms with E-state index >= 15 is 0 Å². The lowest BCUT2D eigenvalue weighted by atomic mass is 9.85. The van der Waals surface area contributed by atoms with Crippen LogP contribution in [0.25, 0.3) is 0 Å². The number of ether oxygens (including phenoxy) is 1. The lowest BCUT2D eigenvalue weighted by Gasteiger charge is -2.23. The molecule has 1 atom stereocenters. The van der Waals surface area contributed by atoms with Gasteiger partial charge in [0.25, 0.3) is 0 Å². The van der Waals surface area contributed by atoms with E-state index in [1.54, 1.807) is 24.4 Å². The highest BCUT2D eigenvalue weighted by Gasteiger charge is 2.29. The van der Waals surface area contributed by atoms with Crippen LogP contribution in [0.3, 0.4) is 0 Å². The maximum atomic E-state index is 11.3. The van der Waals surface area contributed by atoms with Gasteiger partial charge < -0.3 is 14.3 Å². The number of rotatable bonds is 3. The molecule has 6 nitrogen and oxygen atoms in total. The molecule has 2 aromatic heterocycles. The van der Waals surface area contributed by atoms with Gasteiger partial charge in [-0.2, -0.15) is 0 Å². The van der Waals surface area contributed by atoms with Crippen molar-refractivity contribution in [3.8, 4) is 17.4 Å². The average molecular weight is 393 g/mol. The van der Waals surface area contributed by atoms with Gasteiger partial charge in [-0.15, -0.1) is 0 Å². The zero-order chi connectivity index (χ0) is 18.3. The molecule has 4 rings (SSSR count). The molecule has 2 heterocycles. The van der Waals surface area contributed by atoms with Gasteiger partial charge in [0.15, 0.2) is 5.76 Å². The fraction of sp³-hybridized carbons (Fsp3) is 0.222. The van der Waals surface area contributed by atoms with Crippen molar-refractivity contribution in [1.82, 2.24) is 9.97 Å². The second-order valence-electron chi connectivity index (χ2n) is 6.06. The zero-order valence-electron chi connectivity index (χ0n) is 13.5. The third kappa shape index (κ3) is 3.18. The van der Waals surface area contributed by atoms with Gasteiger partial charge in [-0.1, -0.05) is 23.2 Å². The topological polar surface area (TPSA) is 88.4 Å². The van der Waals surface area contributed by atoms with Crippen LogP contribution in [0, 0.1) is 0 Å². The Morgan fingerprint density at radius 2 is 2.15 bits per heavy atom. The maximum absolute atomic E-state index is 11.3. The molecule has 134 valence electrons. The third-order valence-electron chi connectivity index (χ3n) is 4.34. The van der Waals surface area contributed by atoms with Crippen molar-refractivity contribution in [2.45, 2.75) is 25.2 Å². The van der Waals surface area contributed by atoms with Crippen LogP contribution in [-0.2, 0) is 6.42 Å². The van der Waals surface area contributed by atoms with Gasteiger partial charge in [-0.3, -0.25) is 9.97 Å². The number of aryl methyl sites for hydroxylation is 1. The van der Waals surface area contributed by atoms with Crippen molar-refractivity contribution < 1.29 is 14.3 Å². The number of fused-ring (bicyclic) bond motifs is 1. The average Bonchev–Trinajstić information content (AvgIpc) is 2.95. The molecule has 0 bridgehead atoms. The van der Waals surface area contributed by atoms with Gasteiger partial charge in [-0.25, -0.2) is 4.79 Å². The Bertz CT molecular complexity index is 1030. The number of aromatic amines is 1. The van der Waals surface area contributed by atoms with Crippen LogP contribution < -0.4 is 10.5 Å². The Hall–Kier alpha value is -2.44. The van der Waals surface area contributed by atoms with E-state index in [9.17, 15) is 9.90 Å². The molecule has 0 saturated carbocycles. The monoisotopic (exact) mass is 392 g/mol. The molecule has 1 aliphatic carbocycles. The maximum Gasteiger partial charge on any atom is 0.419 e. The van der Waals surface area contributed by atoms with E-state index in [1.807, 2.05) is 6.07 Å².